The molecule has 0 bridgehead atoms. The molecule has 2 amide bonds. The van der Waals surface area contributed by atoms with Crippen LogP contribution < -0.4 is 5.32 Å². The molecular weight excluding hydrogens is 406 g/mol. The average Bonchev–Trinajstić information content (AvgIpc) is 2.69. The van der Waals surface area contributed by atoms with Crippen LogP contribution in [0.2, 0.25) is 0 Å². The standard InChI is InChI=1S/C25H47N3O4/c1-13-25(14-2,27(10)11)23(31)26-20(24(7,8)9)21(29)28(12)19(17(4)5)16-18(6)22(30)32-15-3/h16-17,19-20H,13-15H2,1-12H3,(H,26,31)/b18-16+/t19-,20?/m1/s1. The molecule has 0 heterocycles. The lowest BCUT2D eigenvalue weighted by atomic mass is 9.83. The summed E-state index contributed by atoms with van der Waals surface area (Å²) in [5, 5.41) is 3.07. The normalized spacial score (nSPS) is 14.9. The number of hydrogen-bond donors (Lipinski definition) is 1. The van der Waals surface area contributed by atoms with Crippen molar-refractivity contribution in [2.24, 2.45) is 11.3 Å². The maximum Gasteiger partial charge on any atom is 0.333 e. The largest absolute Gasteiger partial charge is 0.463 e. The molecule has 186 valence electrons. The molecule has 0 fully saturated rings. The number of esters is 1. The van der Waals surface area contributed by atoms with Gasteiger partial charge in [-0.05, 0) is 52.1 Å². The van der Waals surface area contributed by atoms with Crippen LogP contribution in [0.5, 0.6) is 0 Å². The third kappa shape index (κ3) is 7.32. The minimum Gasteiger partial charge on any atom is -0.463 e. The van der Waals surface area contributed by atoms with Crippen LogP contribution in [0.3, 0.4) is 0 Å². The molecule has 0 aliphatic carbocycles. The van der Waals surface area contributed by atoms with E-state index in [0.29, 0.717) is 25.0 Å². The van der Waals surface area contributed by atoms with Crippen molar-refractivity contribution < 1.29 is 19.1 Å². The number of nitrogens with zero attached hydrogens (tertiary/aromatic N) is 2. The Labute approximate surface area is 195 Å². The first-order valence-corrected chi connectivity index (χ1v) is 11.7. The molecule has 1 unspecified atom stereocenters. The number of ether oxygens (including phenoxy) is 1. The molecule has 0 spiro atoms. The monoisotopic (exact) mass is 453 g/mol. The van der Waals surface area contributed by atoms with Crippen LogP contribution in [-0.4, -0.2) is 73.0 Å². The third-order valence-corrected chi connectivity index (χ3v) is 6.33. The Hall–Kier alpha value is -1.89. The molecule has 0 saturated heterocycles. The predicted molar refractivity (Wildman–Crippen MR) is 130 cm³/mol. The highest BCUT2D eigenvalue weighted by molar-refractivity contribution is 5.93. The first kappa shape index (κ1) is 30.1. The predicted octanol–water partition coefficient (Wildman–Crippen LogP) is 3.63. The topological polar surface area (TPSA) is 79.0 Å². The van der Waals surface area contributed by atoms with E-state index in [1.54, 1.807) is 31.9 Å². The van der Waals surface area contributed by atoms with E-state index < -0.39 is 17.0 Å². The summed E-state index contributed by atoms with van der Waals surface area (Å²) >= 11 is 0. The summed E-state index contributed by atoms with van der Waals surface area (Å²) in [6.45, 7) is 17.6. The summed E-state index contributed by atoms with van der Waals surface area (Å²) in [7, 11) is 5.51. The van der Waals surface area contributed by atoms with E-state index >= 15 is 0 Å². The summed E-state index contributed by atoms with van der Waals surface area (Å²) in [6.07, 6.45) is 3.06. The molecule has 0 rings (SSSR count). The van der Waals surface area contributed by atoms with Gasteiger partial charge in [-0.2, -0.15) is 0 Å². The van der Waals surface area contributed by atoms with Crippen LogP contribution >= 0.6 is 0 Å². The van der Waals surface area contributed by atoms with Crippen LogP contribution in [0.1, 0.15) is 75.2 Å². The van der Waals surface area contributed by atoms with Gasteiger partial charge in [0.15, 0.2) is 0 Å². The van der Waals surface area contributed by atoms with Crippen molar-refractivity contribution in [1.82, 2.24) is 15.1 Å². The first-order chi connectivity index (χ1) is 14.6. The highest BCUT2D eigenvalue weighted by Crippen LogP contribution is 2.27. The number of hydrogen-bond acceptors (Lipinski definition) is 5. The molecule has 0 aromatic carbocycles. The average molecular weight is 454 g/mol. The van der Waals surface area contributed by atoms with Gasteiger partial charge in [0, 0.05) is 12.6 Å². The van der Waals surface area contributed by atoms with E-state index in [4.69, 9.17) is 4.74 Å². The molecule has 0 aromatic heterocycles. The second-order valence-corrected chi connectivity index (χ2v) is 10.2. The van der Waals surface area contributed by atoms with Crippen LogP contribution in [0.4, 0.5) is 0 Å². The SMILES string of the molecule is CCOC(=O)/C(C)=C/[C@H](C(C)C)N(C)C(=O)C(NC(=O)C(CC)(CC)N(C)C)C(C)(C)C. The van der Waals surface area contributed by atoms with Gasteiger partial charge in [-0.25, -0.2) is 4.79 Å². The molecule has 0 aromatic rings. The summed E-state index contributed by atoms with van der Waals surface area (Å²) in [6, 6.07) is -1.03. The molecule has 32 heavy (non-hydrogen) atoms. The zero-order valence-electron chi connectivity index (χ0n) is 22.5. The Morgan fingerprint density at radius 1 is 1.00 bits per heavy atom. The van der Waals surface area contributed by atoms with E-state index in [1.165, 1.54) is 0 Å². The molecule has 1 N–H and O–H groups in total. The minimum absolute atomic E-state index is 0.0665. The van der Waals surface area contributed by atoms with Crippen LogP contribution in [0.15, 0.2) is 11.6 Å². The number of nitrogens with one attached hydrogen (secondary N) is 1. The maximum atomic E-state index is 13.7. The zero-order valence-corrected chi connectivity index (χ0v) is 22.5. The highest BCUT2D eigenvalue weighted by Gasteiger charge is 2.43. The van der Waals surface area contributed by atoms with Crippen molar-refractivity contribution in [3.63, 3.8) is 0 Å². The van der Waals surface area contributed by atoms with Crippen LogP contribution in [0, 0.1) is 11.3 Å². The van der Waals surface area contributed by atoms with Crippen molar-refractivity contribution in [3.8, 4) is 0 Å². The lowest BCUT2D eigenvalue weighted by molar-refractivity contribution is -0.143. The second kappa shape index (κ2) is 12.4. The Bertz CT molecular complexity index is 673. The van der Waals surface area contributed by atoms with Crippen molar-refractivity contribution in [3.05, 3.63) is 11.6 Å². The minimum atomic E-state index is -0.713. The van der Waals surface area contributed by atoms with Gasteiger partial charge in [-0.3, -0.25) is 14.5 Å². The van der Waals surface area contributed by atoms with Gasteiger partial charge in [0.25, 0.3) is 0 Å². The molecule has 0 saturated carbocycles. The van der Waals surface area contributed by atoms with E-state index in [-0.39, 0.29) is 29.7 Å². The Morgan fingerprint density at radius 3 is 1.84 bits per heavy atom. The Kier molecular flexibility index (Phi) is 11.6. The summed E-state index contributed by atoms with van der Waals surface area (Å²) in [5.74, 6) is -0.649. The maximum absolute atomic E-state index is 13.7. The lowest BCUT2D eigenvalue weighted by Crippen LogP contribution is -2.63. The van der Waals surface area contributed by atoms with E-state index in [1.807, 2.05) is 67.5 Å². The lowest BCUT2D eigenvalue weighted by Gasteiger charge is -2.42. The smallest absolute Gasteiger partial charge is 0.333 e. The molecule has 2 atom stereocenters. The van der Waals surface area contributed by atoms with Gasteiger partial charge in [0.2, 0.25) is 11.8 Å². The fraction of sp³-hybridized carbons (Fsp3) is 0.800. The van der Waals surface area contributed by atoms with Crippen molar-refractivity contribution in [1.29, 1.82) is 0 Å². The Morgan fingerprint density at radius 2 is 1.50 bits per heavy atom. The van der Waals surface area contributed by atoms with Crippen molar-refractivity contribution >= 4 is 17.8 Å². The number of rotatable bonds is 11. The van der Waals surface area contributed by atoms with E-state index in [9.17, 15) is 14.4 Å². The van der Waals surface area contributed by atoms with Gasteiger partial charge in [-0.15, -0.1) is 0 Å². The quantitative estimate of drug-likeness (QED) is 0.382. The van der Waals surface area contributed by atoms with E-state index in [0.717, 1.165) is 0 Å². The van der Waals surface area contributed by atoms with Gasteiger partial charge in [0.1, 0.15) is 6.04 Å². The summed E-state index contributed by atoms with van der Waals surface area (Å²) in [4.78, 5) is 42.8. The van der Waals surface area contributed by atoms with Crippen molar-refractivity contribution in [2.75, 3.05) is 27.7 Å². The molecule has 7 nitrogen and oxygen atoms in total. The van der Waals surface area contributed by atoms with Crippen molar-refractivity contribution in [2.45, 2.75) is 92.8 Å². The van der Waals surface area contributed by atoms with Gasteiger partial charge < -0.3 is 15.0 Å². The number of carbonyl (C=O) groups excluding carboxylic acids is 3. The van der Waals surface area contributed by atoms with Crippen LogP contribution in [-0.2, 0) is 19.1 Å². The fourth-order valence-corrected chi connectivity index (χ4v) is 3.99. The highest BCUT2D eigenvalue weighted by atomic mass is 16.5. The summed E-state index contributed by atoms with van der Waals surface area (Å²) in [5.41, 5.74) is -0.715. The second-order valence-electron chi connectivity index (χ2n) is 10.2. The molecule has 7 heteroatoms. The fourth-order valence-electron chi connectivity index (χ4n) is 3.99. The van der Waals surface area contributed by atoms with E-state index in [2.05, 4.69) is 5.32 Å². The number of amides is 2. The summed E-state index contributed by atoms with van der Waals surface area (Å²) < 4.78 is 5.09. The van der Waals surface area contributed by atoms with Gasteiger partial charge in [-0.1, -0.05) is 54.5 Å². The number of likely N-dealkylation sites (N-methyl/N-ethyl adjacent to an activating group) is 2. The Balaban J connectivity index is 6.06. The van der Waals surface area contributed by atoms with Gasteiger partial charge in [0.05, 0.1) is 18.2 Å². The molecular formula is C25H47N3O4. The molecule has 0 radical (unpaired) electrons. The third-order valence-electron chi connectivity index (χ3n) is 6.33. The zero-order chi connectivity index (χ0) is 25.4. The molecule has 0 aliphatic heterocycles. The molecule has 0 aliphatic rings. The first-order valence-electron chi connectivity index (χ1n) is 11.7. The van der Waals surface area contributed by atoms with Crippen LogP contribution in [0.25, 0.3) is 0 Å². The van der Waals surface area contributed by atoms with Gasteiger partial charge >= 0.3 is 5.97 Å². The number of carbonyl (C=O) groups is 3.